The minimum atomic E-state index is -2.80. The van der Waals surface area contributed by atoms with Crippen molar-refractivity contribution in [1.29, 1.82) is 0 Å². The summed E-state index contributed by atoms with van der Waals surface area (Å²) >= 11 is 0. The van der Waals surface area contributed by atoms with Crippen LogP contribution in [0.25, 0.3) is 0 Å². The van der Waals surface area contributed by atoms with E-state index in [1.54, 1.807) is 0 Å². The summed E-state index contributed by atoms with van der Waals surface area (Å²) in [4.78, 5) is 51.9. The van der Waals surface area contributed by atoms with Crippen molar-refractivity contribution in [2.75, 3.05) is 19.8 Å². The molecule has 0 aromatic heterocycles. The summed E-state index contributed by atoms with van der Waals surface area (Å²) in [7, 11) is -2.80. The molecule has 0 unspecified atom stereocenters. The van der Waals surface area contributed by atoms with E-state index in [4.69, 9.17) is 32.8 Å². The minimum absolute atomic E-state index is 0.0126. The molecule has 5 atom stereocenters. The van der Waals surface area contributed by atoms with Gasteiger partial charge in [0.05, 0.1) is 13.2 Å². The van der Waals surface area contributed by atoms with Gasteiger partial charge in [0, 0.05) is 26.7 Å². The molecule has 0 radical (unpaired) electrons. The first-order valence-corrected chi connectivity index (χ1v) is 27.1. The van der Waals surface area contributed by atoms with Gasteiger partial charge in [-0.3, -0.25) is 19.2 Å². The number of hydrogen-bond acceptors (Lipinski definition) is 11. The Kier molecular flexibility index (Phi) is 27.4. The van der Waals surface area contributed by atoms with Crippen molar-refractivity contribution < 1.29 is 52.0 Å². The summed E-state index contributed by atoms with van der Waals surface area (Å²) in [6, 6.07) is 20.8. The van der Waals surface area contributed by atoms with Gasteiger partial charge in [-0.25, -0.2) is 0 Å². The highest BCUT2D eigenvalue weighted by Crippen LogP contribution is 2.37. The Morgan fingerprint density at radius 3 is 1.44 bits per heavy atom. The summed E-state index contributed by atoms with van der Waals surface area (Å²) < 4.78 is 43.1. The van der Waals surface area contributed by atoms with Crippen molar-refractivity contribution in [3.63, 3.8) is 0 Å². The van der Waals surface area contributed by atoms with Crippen molar-refractivity contribution in [1.82, 2.24) is 0 Å². The first-order chi connectivity index (χ1) is 31.8. The highest BCUT2D eigenvalue weighted by molar-refractivity contribution is 6.99. The quantitative estimate of drug-likeness (QED) is 0.0223. The second kappa shape index (κ2) is 32.0. The third-order valence-electron chi connectivity index (χ3n) is 12.2. The zero-order valence-corrected chi connectivity index (χ0v) is 42.6. The Bertz CT molecular complexity index is 1640. The van der Waals surface area contributed by atoms with E-state index < -0.39 is 62.9 Å². The molecule has 3 rings (SSSR count). The zero-order valence-electron chi connectivity index (χ0n) is 41.6. The summed E-state index contributed by atoms with van der Waals surface area (Å²) in [6.07, 6.45) is 17.3. The fourth-order valence-electron chi connectivity index (χ4n) is 8.74. The molecule has 1 saturated heterocycles. The molecule has 12 heteroatoms. The number of rotatable bonds is 33. The molecule has 1 aliphatic rings. The number of ether oxygens (including phenoxy) is 6. The maximum Gasteiger partial charge on any atom is 0.306 e. The van der Waals surface area contributed by atoms with Crippen molar-refractivity contribution >= 4 is 42.6 Å². The molecule has 2 aromatic carbocycles. The molecule has 0 aliphatic carbocycles. The van der Waals surface area contributed by atoms with Crippen molar-refractivity contribution in [2.45, 2.75) is 213 Å². The van der Waals surface area contributed by atoms with Crippen LogP contribution in [0, 0.1) is 0 Å². The van der Waals surface area contributed by atoms with Crippen LogP contribution in [0.5, 0.6) is 0 Å². The van der Waals surface area contributed by atoms with Gasteiger partial charge in [-0.05, 0) is 28.3 Å². The number of benzene rings is 2. The maximum atomic E-state index is 13.6. The van der Waals surface area contributed by atoms with Crippen LogP contribution in [0.2, 0.25) is 5.04 Å². The van der Waals surface area contributed by atoms with Crippen molar-refractivity contribution in [2.24, 2.45) is 0 Å². The SMILES string of the molecule is CCCCCCCCCCCC(=O)O[C@@H]1[C@H](OC(=O)CCCCCCCCCCC)[C@H](OC/C=C\CO[Si](c2ccccc2)(c2ccccc2)C(C)(C)C)O[C@H](COC(C)=O)[C@H]1OC(C)=O. The predicted octanol–water partition coefficient (Wildman–Crippen LogP) is 11.0. The Labute approximate surface area is 398 Å². The average molecular weight is 937 g/mol. The lowest BCUT2D eigenvalue weighted by molar-refractivity contribution is -0.306. The van der Waals surface area contributed by atoms with E-state index >= 15 is 0 Å². The van der Waals surface area contributed by atoms with Crippen molar-refractivity contribution in [3.8, 4) is 0 Å². The van der Waals surface area contributed by atoms with E-state index in [0.29, 0.717) is 19.4 Å². The fraction of sp³-hybridized carbons (Fsp3) is 0.667. The summed E-state index contributed by atoms with van der Waals surface area (Å²) in [5, 5.41) is 2.11. The van der Waals surface area contributed by atoms with E-state index in [9.17, 15) is 19.2 Å². The lowest BCUT2D eigenvalue weighted by Crippen LogP contribution is -2.66. The molecule has 1 fully saturated rings. The molecule has 0 bridgehead atoms. The molecule has 11 nitrogen and oxygen atoms in total. The van der Waals surface area contributed by atoms with Crippen LogP contribution in [-0.4, -0.2) is 82.7 Å². The van der Waals surface area contributed by atoms with Crippen LogP contribution in [0.1, 0.15) is 177 Å². The highest BCUT2D eigenvalue weighted by atomic mass is 28.4. The van der Waals surface area contributed by atoms with Crippen LogP contribution in [0.4, 0.5) is 0 Å². The van der Waals surface area contributed by atoms with Gasteiger partial charge < -0.3 is 32.8 Å². The summed E-state index contributed by atoms with van der Waals surface area (Å²) in [5.41, 5.74) is 0. The Hall–Kier alpha value is -3.84. The molecule has 1 heterocycles. The normalized spacial score (nSPS) is 18.8. The largest absolute Gasteiger partial charge is 0.463 e. The van der Waals surface area contributed by atoms with Gasteiger partial charge in [0.15, 0.2) is 24.6 Å². The second-order valence-electron chi connectivity index (χ2n) is 18.8. The molecule has 0 saturated carbocycles. The van der Waals surface area contributed by atoms with E-state index in [1.165, 1.54) is 78.1 Å². The Morgan fingerprint density at radius 1 is 0.561 bits per heavy atom. The average Bonchev–Trinajstić information content (AvgIpc) is 3.28. The Balaban J connectivity index is 1.83. The number of esters is 4. The van der Waals surface area contributed by atoms with Crippen LogP contribution in [0.3, 0.4) is 0 Å². The van der Waals surface area contributed by atoms with Crippen LogP contribution >= 0.6 is 0 Å². The first-order valence-electron chi connectivity index (χ1n) is 25.2. The van der Waals surface area contributed by atoms with Crippen LogP contribution in [0.15, 0.2) is 72.8 Å². The van der Waals surface area contributed by atoms with Gasteiger partial charge in [-0.2, -0.15) is 0 Å². The number of unbranched alkanes of at least 4 members (excludes halogenated alkanes) is 16. The Morgan fingerprint density at radius 2 is 1.00 bits per heavy atom. The van der Waals surface area contributed by atoms with E-state index in [0.717, 1.165) is 48.9 Å². The molecule has 0 N–H and O–H groups in total. The summed E-state index contributed by atoms with van der Waals surface area (Å²) in [5.74, 6) is -2.27. The van der Waals surface area contributed by atoms with Crippen LogP contribution in [-0.2, 0) is 52.0 Å². The minimum Gasteiger partial charge on any atom is -0.463 e. The summed E-state index contributed by atoms with van der Waals surface area (Å²) in [6.45, 7) is 13.6. The van der Waals surface area contributed by atoms with Gasteiger partial charge in [-0.1, -0.05) is 210 Å². The molecule has 0 spiro atoms. The molecule has 370 valence electrons. The standard InChI is InChI=1S/C54H84O11Si/c1-8-10-12-14-16-18-20-22-30-38-48(57)64-51-50(62-44(4)56)47(42-60-43(3)55)63-53(52(51)65-49(58)39-31-23-21-19-17-15-13-11-9-2)59-40-32-33-41-61-66(54(5,6)7,45-34-26-24-27-35-45)46-36-28-25-29-37-46/h24-29,32-37,47,50-53H,8-23,30-31,38-42H2,1-7H3/b33-32-/t47-,50-,51+,52+,53-/m1/s1. The molecular weight excluding hydrogens is 853 g/mol. The highest BCUT2D eigenvalue weighted by Gasteiger charge is 2.53. The number of carbonyl (C=O) groups excluding carboxylic acids is 4. The third-order valence-corrected chi connectivity index (χ3v) is 17.2. The van der Waals surface area contributed by atoms with E-state index in [-0.39, 0.29) is 31.1 Å². The van der Waals surface area contributed by atoms with Gasteiger partial charge in [0.2, 0.25) is 0 Å². The van der Waals surface area contributed by atoms with E-state index in [1.807, 2.05) is 48.6 Å². The molecular formula is C54H84O11Si. The monoisotopic (exact) mass is 937 g/mol. The number of carbonyl (C=O) groups is 4. The molecule has 1 aliphatic heterocycles. The van der Waals surface area contributed by atoms with E-state index in [2.05, 4.69) is 58.9 Å². The third kappa shape index (κ3) is 20.2. The molecule has 0 amide bonds. The second-order valence-corrected chi connectivity index (χ2v) is 23.1. The smallest absolute Gasteiger partial charge is 0.306 e. The number of hydrogen-bond donors (Lipinski definition) is 0. The van der Waals surface area contributed by atoms with Gasteiger partial charge in [0.1, 0.15) is 12.7 Å². The predicted molar refractivity (Wildman–Crippen MR) is 263 cm³/mol. The van der Waals surface area contributed by atoms with Gasteiger partial charge >= 0.3 is 23.9 Å². The topological polar surface area (TPSA) is 133 Å². The maximum absolute atomic E-state index is 13.6. The lowest BCUT2D eigenvalue weighted by Gasteiger charge is -2.44. The van der Waals surface area contributed by atoms with Gasteiger partial charge in [0.25, 0.3) is 8.32 Å². The zero-order chi connectivity index (χ0) is 48.0. The van der Waals surface area contributed by atoms with Gasteiger partial charge in [-0.15, -0.1) is 0 Å². The van der Waals surface area contributed by atoms with Crippen LogP contribution < -0.4 is 10.4 Å². The van der Waals surface area contributed by atoms with Crippen molar-refractivity contribution in [3.05, 3.63) is 72.8 Å². The molecule has 2 aromatic rings. The fourth-order valence-corrected chi connectivity index (χ4v) is 13.2. The molecule has 66 heavy (non-hydrogen) atoms. The first kappa shape index (κ1) is 56.5. The lowest BCUT2D eigenvalue weighted by atomic mass is 9.98.